The zero-order chi connectivity index (χ0) is 19.9. The number of hydrogen-bond acceptors (Lipinski definition) is 5. The second-order valence-corrected chi connectivity index (χ2v) is 6.79. The zero-order valence-corrected chi connectivity index (χ0v) is 16.1. The van der Waals surface area contributed by atoms with Crippen LogP contribution in [0.15, 0.2) is 48.5 Å². The number of rotatable bonds is 7. The topological polar surface area (TPSA) is 73.9 Å². The molecule has 1 aliphatic rings. The Labute approximate surface area is 164 Å². The summed E-state index contributed by atoms with van der Waals surface area (Å²) in [6.45, 7) is 4.68. The van der Waals surface area contributed by atoms with Gasteiger partial charge in [0.05, 0.1) is 5.92 Å². The van der Waals surface area contributed by atoms with Crippen LogP contribution in [-0.4, -0.2) is 31.7 Å². The summed E-state index contributed by atoms with van der Waals surface area (Å²) in [5.41, 5.74) is 1.46. The highest BCUT2D eigenvalue weighted by Gasteiger charge is 2.27. The van der Waals surface area contributed by atoms with Gasteiger partial charge in [0.15, 0.2) is 18.1 Å². The lowest BCUT2D eigenvalue weighted by atomic mass is 9.86. The molecule has 6 heteroatoms. The average molecular weight is 383 g/mol. The van der Waals surface area contributed by atoms with E-state index >= 15 is 0 Å². The summed E-state index contributed by atoms with van der Waals surface area (Å²) in [6, 6.07) is 14.7. The van der Waals surface area contributed by atoms with Crippen molar-refractivity contribution in [1.82, 2.24) is 0 Å². The summed E-state index contributed by atoms with van der Waals surface area (Å²) >= 11 is 0. The SMILES string of the molecule is CC[C@H](C)[C@H](C(=O)OCC(=O)Nc1ccc2c(c1)OCCO2)c1ccccc1. The van der Waals surface area contributed by atoms with E-state index in [1.54, 1.807) is 18.2 Å². The van der Waals surface area contributed by atoms with E-state index in [2.05, 4.69) is 5.32 Å². The van der Waals surface area contributed by atoms with Crippen LogP contribution in [0.1, 0.15) is 31.7 Å². The molecule has 1 heterocycles. The standard InChI is InChI=1S/C22H25NO5/c1-3-15(2)21(16-7-5-4-6-8-16)22(25)28-14-20(24)23-17-9-10-18-19(13-17)27-12-11-26-18/h4-10,13,15,21H,3,11-12,14H2,1-2H3,(H,23,24)/t15-,21-/m0/s1. The van der Waals surface area contributed by atoms with Gasteiger partial charge in [0.25, 0.3) is 5.91 Å². The summed E-state index contributed by atoms with van der Waals surface area (Å²) in [5, 5.41) is 2.72. The van der Waals surface area contributed by atoms with E-state index in [1.807, 2.05) is 44.2 Å². The molecule has 0 fully saturated rings. The Morgan fingerprint density at radius 3 is 2.50 bits per heavy atom. The Morgan fingerprint density at radius 1 is 1.07 bits per heavy atom. The highest BCUT2D eigenvalue weighted by Crippen LogP contribution is 2.32. The van der Waals surface area contributed by atoms with Gasteiger partial charge in [-0.2, -0.15) is 0 Å². The van der Waals surface area contributed by atoms with Crippen molar-refractivity contribution in [1.29, 1.82) is 0 Å². The van der Waals surface area contributed by atoms with Crippen molar-refractivity contribution in [3.8, 4) is 11.5 Å². The molecule has 3 rings (SSSR count). The number of ether oxygens (including phenoxy) is 3. The van der Waals surface area contributed by atoms with Gasteiger partial charge in [0.1, 0.15) is 13.2 Å². The van der Waals surface area contributed by atoms with Gasteiger partial charge >= 0.3 is 5.97 Å². The Bertz CT molecular complexity index is 821. The highest BCUT2D eigenvalue weighted by molar-refractivity contribution is 5.93. The fourth-order valence-electron chi connectivity index (χ4n) is 3.14. The van der Waals surface area contributed by atoms with E-state index in [1.165, 1.54) is 0 Å². The van der Waals surface area contributed by atoms with E-state index < -0.39 is 17.8 Å². The van der Waals surface area contributed by atoms with Crippen LogP contribution in [-0.2, 0) is 14.3 Å². The largest absolute Gasteiger partial charge is 0.486 e. The number of esters is 1. The molecule has 6 nitrogen and oxygen atoms in total. The molecule has 2 aromatic carbocycles. The minimum atomic E-state index is -0.402. The van der Waals surface area contributed by atoms with Crippen LogP contribution in [0.3, 0.4) is 0 Å². The summed E-state index contributed by atoms with van der Waals surface area (Å²) in [5.74, 6) is 0.153. The molecular formula is C22H25NO5. The molecule has 0 aromatic heterocycles. The third kappa shape index (κ3) is 4.82. The molecular weight excluding hydrogens is 358 g/mol. The monoisotopic (exact) mass is 383 g/mol. The fraction of sp³-hybridized carbons (Fsp3) is 0.364. The molecule has 148 valence electrons. The minimum absolute atomic E-state index is 0.107. The van der Waals surface area contributed by atoms with Gasteiger partial charge < -0.3 is 19.5 Å². The van der Waals surface area contributed by atoms with Gasteiger partial charge in [-0.25, -0.2) is 0 Å². The average Bonchev–Trinajstić information content (AvgIpc) is 2.73. The molecule has 1 amide bonds. The molecule has 2 aromatic rings. The summed E-state index contributed by atoms with van der Waals surface area (Å²) in [6.07, 6.45) is 0.831. The first-order valence-corrected chi connectivity index (χ1v) is 9.49. The lowest BCUT2D eigenvalue weighted by Crippen LogP contribution is -2.27. The molecule has 2 atom stereocenters. The number of hydrogen-bond donors (Lipinski definition) is 1. The Morgan fingerprint density at radius 2 is 1.79 bits per heavy atom. The number of amides is 1. The van der Waals surface area contributed by atoms with Crippen molar-refractivity contribution in [2.75, 3.05) is 25.1 Å². The number of benzene rings is 2. The van der Waals surface area contributed by atoms with Crippen molar-refractivity contribution < 1.29 is 23.8 Å². The molecule has 0 bridgehead atoms. The van der Waals surface area contributed by atoms with Crippen LogP contribution >= 0.6 is 0 Å². The molecule has 0 spiro atoms. The van der Waals surface area contributed by atoms with Crippen molar-refractivity contribution >= 4 is 17.6 Å². The first-order chi connectivity index (χ1) is 13.6. The Kier molecular flexibility index (Phi) is 6.53. The highest BCUT2D eigenvalue weighted by atomic mass is 16.6. The molecule has 0 aliphatic carbocycles. The smallest absolute Gasteiger partial charge is 0.314 e. The van der Waals surface area contributed by atoms with E-state index in [0.717, 1.165) is 12.0 Å². The van der Waals surface area contributed by atoms with Crippen LogP contribution in [0.4, 0.5) is 5.69 Å². The molecule has 28 heavy (non-hydrogen) atoms. The predicted molar refractivity (Wildman–Crippen MR) is 106 cm³/mol. The number of nitrogens with one attached hydrogen (secondary N) is 1. The first kappa shape index (κ1) is 19.7. The van der Waals surface area contributed by atoms with Crippen LogP contribution in [0.2, 0.25) is 0 Å². The van der Waals surface area contributed by atoms with Gasteiger partial charge in [0, 0.05) is 11.8 Å². The van der Waals surface area contributed by atoms with Crippen LogP contribution in [0.5, 0.6) is 11.5 Å². The zero-order valence-electron chi connectivity index (χ0n) is 16.1. The Balaban J connectivity index is 1.59. The third-order valence-corrected chi connectivity index (χ3v) is 4.80. The minimum Gasteiger partial charge on any atom is -0.486 e. The van der Waals surface area contributed by atoms with Crippen molar-refractivity contribution in [3.63, 3.8) is 0 Å². The predicted octanol–water partition coefficient (Wildman–Crippen LogP) is 3.77. The van der Waals surface area contributed by atoms with Gasteiger partial charge in [-0.15, -0.1) is 0 Å². The first-order valence-electron chi connectivity index (χ1n) is 9.49. The number of anilines is 1. The molecule has 0 unspecified atom stereocenters. The van der Waals surface area contributed by atoms with Crippen molar-refractivity contribution in [2.24, 2.45) is 5.92 Å². The second-order valence-electron chi connectivity index (χ2n) is 6.79. The van der Waals surface area contributed by atoms with Crippen LogP contribution in [0.25, 0.3) is 0 Å². The normalized spacial score (nSPS) is 14.6. The van der Waals surface area contributed by atoms with Gasteiger partial charge in [-0.05, 0) is 23.6 Å². The fourth-order valence-corrected chi connectivity index (χ4v) is 3.14. The lowest BCUT2D eigenvalue weighted by Gasteiger charge is -2.22. The van der Waals surface area contributed by atoms with Gasteiger partial charge in [0.2, 0.25) is 0 Å². The van der Waals surface area contributed by atoms with E-state index in [9.17, 15) is 9.59 Å². The van der Waals surface area contributed by atoms with E-state index in [4.69, 9.17) is 14.2 Å². The molecule has 1 N–H and O–H groups in total. The van der Waals surface area contributed by atoms with Gasteiger partial charge in [-0.1, -0.05) is 50.6 Å². The quantitative estimate of drug-likeness (QED) is 0.737. The third-order valence-electron chi connectivity index (χ3n) is 4.80. The summed E-state index contributed by atoms with van der Waals surface area (Å²) < 4.78 is 16.3. The van der Waals surface area contributed by atoms with E-state index in [-0.39, 0.29) is 12.5 Å². The Hall–Kier alpha value is -3.02. The maximum Gasteiger partial charge on any atom is 0.314 e. The second kappa shape index (κ2) is 9.26. The summed E-state index contributed by atoms with van der Waals surface area (Å²) in [4.78, 5) is 24.9. The number of fused-ring (bicyclic) bond motifs is 1. The maximum atomic E-state index is 12.7. The number of carbonyl (C=O) groups is 2. The molecule has 0 saturated heterocycles. The van der Waals surface area contributed by atoms with Crippen LogP contribution in [0, 0.1) is 5.92 Å². The molecule has 1 aliphatic heterocycles. The summed E-state index contributed by atoms with van der Waals surface area (Å²) in [7, 11) is 0. The van der Waals surface area contributed by atoms with Gasteiger partial charge in [-0.3, -0.25) is 9.59 Å². The maximum absolute atomic E-state index is 12.7. The van der Waals surface area contributed by atoms with Crippen LogP contribution < -0.4 is 14.8 Å². The van der Waals surface area contributed by atoms with E-state index in [0.29, 0.717) is 30.4 Å². The van der Waals surface area contributed by atoms with Crippen molar-refractivity contribution in [2.45, 2.75) is 26.2 Å². The lowest BCUT2D eigenvalue weighted by molar-refractivity contribution is -0.150. The number of carbonyl (C=O) groups excluding carboxylic acids is 2. The van der Waals surface area contributed by atoms with Crippen molar-refractivity contribution in [3.05, 3.63) is 54.1 Å². The molecule has 0 saturated carbocycles. The molecule has 0 radical (unpaired) electrons.